The predicted molar refractivity (Wildman–Crippen MR) is 85.0 cm³/mol. The molecular weight excluding hydrogens is 278 g/mol. The molecule has 1 aliphatic heterocycles. The number of guanidine groups is 1. The van der Waals surface area contributed by atoms with Gasteiger partial charge in [-0.1, -0.05) is 18.9 Å². The number of rotatable bonds is 3. The molecule has 2 aromatic heterocycles. The second-order valence-electron chi connectivity index (χ2n) is 5.40. The van der Waals surface area contributed by atoms with Crippen LogP contribution >= 0.6 is 0 Å². The van der Waals surface area contributed by atoms with Gasteiger partial charge in [-0.15, -0.1) is 0 Å². The van der Waals surface area contributed by atoms with E-state index in [4.69, 9.17) is 5.73 Å². The molecule has 0 atom stereocenters. The lowest BCUT2D eigenvalue weighted by atomic mass is 10.2. The van der Waals surface area contributed by atoms with Crippen molar-refractivity contribution in [2.75, 3.05) is 13.1 Å². The third-order valence-corrected chi connectivity index (χ3v) is 3.75. The van der Waals surface area contributed by atoms with Gasteiger partial charge in [-0.25, -0.2) is 9.98 Å². The van der Waals surface area contributed by atoms with Crippen LogP contribution in [0, 0.1) is 0 Å². The Bertz CT molecular complexity index is 612. The number of hydrogen-bond donors (Lipinski definition) is 2. The van der Waals surface area contributed by atoms with Crippen LogP contribution in [-0.4, -0.2) is 44.1 Å². The fraction of sp³-hybridized carbons (Fsp3) is 0.467. The summed E-state index contributed by atoms with van der Waals surface area (Å²) in [6, 6.07) is 5.65. The number of aliphatic imine (C=N–C) groups is 1. The summed E-state index contributed by atoms with van der Waals surface area (Å²) in [6.07, 6.45) is 6.64. The molecule has 22 heavy (non-hydrogen) atoms. The summed E-state index contributed by atoms with van der Waals surface area (Å²) in [6.45, 7) is 2.39. The molecule has 0 spiro atoms. The van der Waals surface area contributed by atoms with Crippen molar-refractivity contribution in [2.45, 2.75) is 32.2 Å². The van der Waals surface area contributed by atoms with Gasteiger partial charge >= 0.3 is 0 Å². The molecule has 1 saturated heterocycles. The summed E-state index contributed by atoms with van der Waals surface area (Å²) in [7, 11) is 0. The third kappa shape index (κ3) is 3.60. The lowest BCUT2D eigenvalue weighted by Gasteiger charge is -2.20. The molecular formula is C15H21N7. The van der Waals surface area contributed by atoms with Crippen molar-refractivity contribution in [2.24, 2.45) is 10.7 Å². The first-order valence-corrected chi connectivity index (χ1v) is 7.70. The average molecular weight is 299 g/mol. The first-order valence-electron chi connectivity index (χ1n) is 7.70. The predicted octanol–water partition coefficient (Wildman–Crippen LogP) is 1.56. The van der Waals surface area contributed by atoms with Crippen LogP contribution in [0.25, 0.3) is 11.5 Å². The number of H-pyrrole nitrogens is 1. The summed E-state index contributed by atoms with van der Waals surface area (Å²) in [5.41, 5.74) is 6.83. The quantitative estimate of drug-likeness (QED) is 0.662. The minimum Gasteiger partial charge on any atom is -0.370 e. The first-order chi connectivity index (χ1) is 10.8. The Hall–Kier alpha value is -2.44. The topological polar surface area (TPSA) is 96.1 Å². The second kappa shape index (κ2) is 7.02. The van der Waals surface area contributed by atoms with Crippen LogP contribution in [0.4, 0.5) is 0 Å². The monoisotopic (exact) mass is 299 g/mol. The van der Waals surface area contributed by atoms with Crippen molar-refractivity contribution in [3.05, 3.63) is 30.2 Å². The molecule has 1 fully saturated rings. The smallest absolute Gasteiger partial charge is 0.199 e. The lowest BCUT2D eigenvalue weighted by molar-refractivity contribution is 0.428. The van der Waals surface area contributed by atoms with E-state index in [0.29, 0.717) is 24.2 Å². The zero-order valence-electron chi connectivity index (χ0n) is 12.6. The van der Waals surface area contributed by atoms with E-state index in [9.17, 15) is 0 Å². The molecule has 0 bridgehead atoms. The summed E-state index contributed by atoms with van der Waals surface area (Å²) in [4.78, 5) is 15.2. The largest absolute Gasteiger partial charge is 0.370 e. The van der Waals surface area contributed by atoms with Crippen LogP contribution in [0.5, 0.6) is 0 Å². The molecule has 0 aromatic carbocycles. The van der Waals surface area contributed by atoms with Gasteiger partial charge in [0.05, 0.1) is 0 Å². The fourth-order valence-electron chi connectivity index (χ4n) is 2.53. The fourth-order valence-corrected chi connectivity index (χ4v) is 2.53. The van der Waals surface area contributed by atoms with E-state index in [2.05, 4.69) is 30.1 Å². The lowest BCUT2D eigenvalue weighted by Crippen LogP contribution is -2.38. The SMILES string of the molecule is NC(=NCc1nc(-c2ccccn2)n[nH]1)N1CCCCCC1. The van der Waals surface area contributed by atoms with Crippen LogP contribution in [-0.2, 0) is 6.54 Å². The minimum atomic E-state index is 0.405. The van der Waals surface area contributed by atoms with E-state index in [0.717, 1.165) is 18.8 Å². The average Bonchev–Trinajstić information content (AvgIpc) is 2.87. The molecule has 3 N–H and O–H groups in total. The van der Waals surface area contributed by atoms with Gasteiger partial charge in [0.2, 0.25) is 0 Å². The molecule has 0 radical (unpaired) electrons. The van der Waals surface area contributed by atoms with Gasteiger partial charge in [-0.3, -0.25) is 10.1 Å². The third-order valence-electron chi connectivity index (χ3n) is 3.75. The number of nitrogens with one attached hydrogen (secondary N) is 1. The van der Waals surface area contributed by atoms with Gasteiger partial charge in [0.25, 0.3) is 0 Å². The van der Waals surface area contributed by atoms with Crippen LogP contribution in [0.1, 0.15) is 31.5 Å². The van der Waals surface area contributed by atoms with E-state index in [1.165, 1.54) is 25.7 Å². The van der Waals surface area contributed by atoms with Gasteiger partial charge in [0.1, 0.15) is 18.1 Å². The Balaban J connectivity index is 1.63. The van der Waals surface area contributed by atoms with Crippen LogP contribution in [0.3, 0.4) is 0 Å². The van der Waals surface area contributed by atoms with Crippen molar-refractivity contribution in [1.82, 2.24) is 25.1 Å². The molecule has 0 aliphatic carbocycles. The van der Waals surface area contributed by atoms with Gasteiger partial charge in [-0.05, 0) is 25.0 Å². The molecule has 116 valence electrons. The molecule has 0 amide bonds. The summed E-state index contributed by atoms with van der Waals surface area (Å²) in [5, 5.41) is 7.06. The standard InChI is InChI=1S/C15H21N7/c16-15(22-9-5-1-2-6-10-22)18-11-13-19-14(21-20-13)12-7-3-4-8-17-12/h3-4,7-8H,1-2,5-6,9-11H2,(H2,16,18)(H,19,20,21). The zero-order valence-corrected chi connectivity index (χ0v) is 12.6. The Morgan fingerprint density at radius 1 is 1.23 bits per heavy atom. The van der Waals surface area contributed by atoms with Crippen molar-refractivity contribution in [1.29, 1.82) is 0 Å². The highest BCUT2D eigenvalue weighted by Gasteiger charge is 2.11. The number of likely N-dealkylation sites (tertiary alicyclic amines) is 1. The molecule has 7 nitrogen and oxygen atoms in total. The Morgan fingerprint density at radius 2 is 2.05 bits per heavy atom. The van der Waals surface area contributed by atoms with Crippen LogP contribution in [0.2, 0.25) is 0 Å². The maximum atomic E-state index is 6.09. The maximum absolute atomic E-state index is 6.09. The first kappa shape index (κ1) is 14.5. The van der Waals surface area contributed by atoms with Crippen molar-refractivity contribution >= 4 is 5.96 Å². The van der Waals surface area contributed by atoms with Crippen LogP contribution < -0.4 is 5.73 Å². The number of nitrogens with zero attached hydrogens (tertiary/aromatic N) is 5. The number of aromatic amines is 1. The van der Waals surface area contributed by atoms with Gasteiger partial charge in [-0.2, -0.15) is 5.10 Å². The van der Waals surface area contributed by atoms with Gasteiger partial charge in [0, 0.05) is 19.3 Å². The Kier molecular flexibility index (Phi) is 4.62. The highest BCUT2D eigenvalue weighted by atomic mass is 15.3. The van der Waals surface area contributed by atoms with E-state index >= 15 is 0 Å². The molecule has 1 aliphatic rings. The maximum Gasteiger partial charge on any atom is 0.199 e. The second-order valence-corrected chi connectivity index (χ2v) is 5.40. The highest BCUT2D eigenvalue weighted by molar-refractivity contribution is 5.78. The molecule has 3 heterocycles. The highest BCUT2D eigenvalue weighted by Crippen LogP contribution is 2.11. The van der Waals surface area contributed by atoms with E-state index in [1.54, 1.807) is 6.20 Å². The number of nitrogens with two attached hydrogens (primary N) is 1. The number of aromatic nitrogens is 4. The summed E-state index contributed by atoms with van der Waals surface area (Å²) < 4.78 is 0. The van der Waals surface area contributed by atoms with Gasteiger partial charge in [0.15, 0.2) is 11.8 Å². The molecule has 0 unspecified atom stereocenters. The van der Waals surface area contributed by atoms with E-state index in [-0.39, 0.29) is 0 Å². The summed E-state index contributed by atoms with van der Waals surface area (Å²) in [5.74, 6) is 1.87. The molecule has 0 saturated carbocycles. The van der Waals surface area contributed by atoms with E-state index in [1.807, 2.05) is 18.2 Å². The van der Waals surface area contributed by atoms with Crippen LogP contribution in [0.15, 0.2) is 29.4 Å². The van der Waals surface area contributed by atoms with Crippen molar-refractivity contribution < 1.29 is 0 Å². The normalized spacial score (nSPS) is 16.5. The van der Waals surface area contributed by atoms with Gasteiger partial charge < -0.3 is 10.6 Å². The van der Waals surface area contributed by atoms with Crippen molar-refractivity contribution in [3.8, 4) is 11.5 Å². The number of pyridine rings is 1. The van der Waals surface area contributed by atoms with E-state index < -0.39 is 0 Å². The molecule has 3 rings (SSSR count). The van der Waals surface area contributed by atoms with Crippen molar-refractivity contribution in [3.63, 3.8) is 0 Å². The molecule has 7 heteroatoms. The Morgan fingerprint density at radius 3 is 2.77 bits per heavy atom. The summed E-state index contributed by atoms with van der Waals surface area (Å²) >= 11 is 0. The zero-order chi connectivity index (χ0) is 15.2. The molecule has 2 aromatic rings. The minimum absolute atomic E-state index is 0.405. The number of hydrogen-bond acceptors (Lipinski definition) is 4. The Labute approximate surface area is 129 Å².